The van der Waals surface area contributed by atoms with E-state index in [1.54, 1.807) is 6.92 Å². The van der Waals surface area contributed by atoms with Crippen LogP contribution in [0.5, 0.6) is 11.5 Å². The second-order valence-electron chi connectivity index (χ2n) is 7.21. The predicted molar refractivity (Wildman–Crippen MR) is 117 cm³/mol. The van der Waals surface area contributed by atoms with Crippen molar-refractivity contribution >= 4 is 21.6 Å². The zero-order valence-electron chi connectivity index (χ0n) is 17.8. The van der Waals surface area contributed by atoms with Crippen molar-refractivity contribution in [2.24, 2.45) is 0 Å². The molecular weight excluding hydrogens is 404 g/mol. The lowest BCUT2D eigenvalue weighted by atomic mass is 9.87. The van der Waals surface area contributed by atoms with E-state index in [4.69, 9.17) is 9.47 Å². The number of sulfonamides is 1. The Bertz CT molecular complexity index is 1040. The van der Waals surface area contributed by atoms with Crippen LogP contribution in [0.15, 0.2) is 36.4 Å². The first kappa shape index (κ1) is 22.0. The van der Waals surface area contributed by atoms with Crippen molar-refractivity contribution < 1.29 is 22.7 Å². The summed E-state index contributed by atoms with van der Waals surface area (Å²) in [5, 5.41) is 3.09. The first-order valence-corrected chi connectivity index (χ1v) is 11.5. The fraction of sp³-hybridized carbons (Fsp3) is 0.409. The van der Waals surface area contributed by atoms with Crippen molar-refractivity contribution in [2.45, 2.75) is 32.2 Å². The number of anilines is 1. The molecule has 0 bridgehead atoms. The molecule has 0 saturated heterocycles. The number of nitrogens with zero attached hydrogens (tertiary/aromatic N) is 1. The quantitative estimate of drug-likeness (QED) is 0.726. The molecule has 0 radical (unpaired) electrons. The van der Waals surface area contributed by atoms with Gasteiger partial charge in [0.05, 0.1) is 37.3 Å². The Kier molecular flexibility index (Phi) is 6.55. The van der Waals surface area contributed by atoms with Crippen LogP contribution in [0.1, 0.15) is 47.3 Å². The third-order valence-electron chi connectivity index (χ3n) is 5.54. The van der Waals surface area contributed by atoms with E-state index in [1.165, 1.54) is 39.0 Å². The second kappa shape index (κ2) is 8.95. The highest BCUT2D eigenvalue weighted by molar-refractivity contribution is 7.92. The molecule has 2 aromatic rings. The average Bonchev–Trinajstić information content (AvgIpc) is 2.77. The largest absolute Gasteiger partial charge is 0.493 e. The number of nitrogens with one attached hydrogen (secondary N) is 1. The molecule has 1 N–H and O–H groups in total. The molecule has 30 heavy (non-hydrogen) atoms. The van der Waals surface area contributed by atoms with Crippen molar-refractivity contribution in [1.29, 1.82) is 0 Å². The van der Waals surface area contributed by atoms with E-state index in [9.17, 15) is 13.2 Å². The first-order chi connectivity index (χ1) is 14.3. The minimum atomic E-state index is -3.58. The number of methoxy groups -OCH3 is 2. The molecule has 1 aliphatic rings. The lowest BCUT2D eigenvalue weighted by Crippen LogP contribution is -2.34. The number of rotatable bonds is 7. The summed E-state index contributed by atoms with van der Waals surface area (Å²) in [5.41, 5.74) is 2.80. The monoisotopic (exact) mass is 432 g/mol. The number of amides is 1. The topological polar surface area (TPSA) is 84.9 Å². The highest BCUT2D eigenvalue weighted by Gasteiger charge is 2.27. The van der Waals surface area contributed by atoms with Crippen molar-refractivity contribution in [1.82, 2.24) is 5.32 Å². The Hall–Kier alpha value is -2.74. The Morgan fingerprint density at radius 1 is 1.17 bits per heavy atom. The van der Waals surface area contributed by atoms with Gasteiger partial charge in [0.1, 0.15) is 0 Å². The zero-order chi connectivity index (χ0) is 21.9. The number of ether oxygens (including phenoxy) is 2. The number of carbonyl (C=O) groups is 1. The van der Waals surface area contributed by atoms with Gasteiger partial charge in [-0.25, -0.2) is 8.42 Å². The summed E-state index contributed by atoms with van der Waals surface area (Å²) in [5.74, 6) is 0.267. The summed E-state index contributed by atoms with van der Waals surface area (Å²) >= 11 is 0. The molecule has 0 fully saturated rings. The first-order valence-electron chi connectivity index (χ1n) is 9.93. The Morgan fingerprint density at radius 3 is 2.50 bits per heavy atom. The molecule has 0 spiro atoms. The standard InChI is InChI=1S/C22H28N2O5S/c1-5-30(26,27)24(2)19-14-21(29-4)20(28-3)13-17(19)22(25)23-18-12-8-10-15-9-6-7-11-16(15)18/h6-7,9,11,13-14,18H,5,8,10,12H2,1-4H3,(H,23,25)/t18-/m1/s1. The van der Waals surface area contributed by atoms with Crippen LogP contribution in [0.3, 0.4) is 0 Å². The van der Waals surface area contributed by atoms with E-state index in [0.717, 1.165) is 29.1 Å². The summed E-state index contributed by atoms with van der Waals surface area (Å²) < 4.78 is 36.8. The van der Waals surface area contributed by atoms with Crippen LogP contribution in [-0.2, 0) is 16.4 Å². The van der Waals surface area contributed by atoms with Crippen LogP contribution < -0.4 is 19.1 Å². The number of carbonyl (C=O) groups excluding carboxylic acids is 1. The highest BCUT2D eigenvalue weighted by Crippen LogP contribution is 2.37. The molecule has 2 aromatic carbocycles. The molecule has 0 heterocycles. The third-order valence-corrected chi connectivity index (χ3v) is 7.30. The molecular formula is C22H28N2O5S. The van der Waals surface area contributed by atoms with Crippen molar-refractivity contribution in [3.63, 3.8) is 0 Å². The fourth-order valence-corrected chi connectivity index (χ4v) is 4.63. The van der Waals surface area contributed by atoms with Crippen LogP contribution in [0, 0.1) is 0 Å². The molecule has 1 aliphatic carbocycles. The minimum Gasteiger partial charge on any atom is -0.493 e. The van der Waals surface area contributed by atoms with E-state index in [0.29, 0.717) is 11.5 Å². The molecule has 7 nitrogen and oxygen atoms in total. The number of hydrogen-bond donors (Lipinski definition) is 1. The Morgan fingerprint density at radius 2 is 1.83 bits per heavy atom. The number of benzene rings is 2. The molecule has 8 heteroatoms. The number of fused-ring (bicyclic) bond motifs is 1. The van der Waals surface area contributed by atoms with Crippen molar-refractivity contribution in [2.75, 3.05) is 31.3 Å². The maximum Gasteiger partial charge on any atom is 0.254 e. The average molecular weight is 433 g/mol. The summed E-state index contributed by atoms with van der Waals surface area (Å²) in [6.45, 7) is 1.56. The van der Waals surface area contributed by atoms with Gasteiger partial charge in [0, 0.05) is 13.1 Å². The van der Waals surface area contributed by atoms with Gasteiger partial charge in [-0.2, -0.15) is 0 Å². The molecule has 3 rings (SSSR count). The molecule has 1 amide bonds. The number of hydrogen-bond acceptors (Lipinski definition) is 5. The zero-order valence-corrected chi connectivity index (χ0v) is 18.6. The van der Waals surface area contributed by atoms with E-state index >= 15 is 0 Å². The molecule has 1 atom stereocenters. The summed E-state index contributed by atoms with van der Waals surface area (Å²) in [4.78, 5) is 13.3. The highest BCUT2D eigenvalue weighted by atomic mass is 32.2. The fourth-order valence-electron chi connectivity index (χ4n) is 3.79. The second-order valence-corrected chi connectivity index (χ2v) is 9.50. The lowest BCUT2D eigenvalue weighted by molar-refractivity contribution is 0.0933. The molecule has 162 valence electrons. The predicted octanol–water partition coefficient (Wildman–Crippen LogP) is 3.30. The van der Waals surface area contributed by atoms with Crippen LogP contribution in [-0.4, -0.2) is 41.3 Å². The maximum absolute atomic E-state index is 13.3. The number of aryl methyl sites for hydroxylation is 1. The van der Waals surface area contributed by atoms with Crippen LogP contribution >= 0.6 is 0 Å². The Labute approximate surface area is 178 Å². The maximum atomic E-state index is 13.3. The van der Waals surface area contributed by atoms with Gasteiger partial charge in [0.2, 0.25) is 10.0 Å². The van der Waals surface area contributed by atoms with E-state index in [-0.39, 0.29) is 29.0 Å². The van der Waals surface area contributed by atoms with Gasteiger partial charge in [-0.05, 0) is 43.4 Å². The van der Waals surface area contributed by atoms with Crippen LogP contribution in [0.2, 0.25) is 0 Å². The van der Waals surface area contributed by atoms with Gasteiger partial charge in [-0.15, -0.1) is 0 Å². The van der Waals surface area contributed by atoms with Crippen molar-refractivity contribution in [3.05, 3.63) is 53.1 Å². The molecule has 0 aromatic heterocycles. The van der Waals surface area contributed by atoms with E-state index in [1.807, 2.05) is 18.2 Å². The van der Waals surface area contributed by atoms with E-state index in [2.05, 4.69) is 11.4 Å². The van der Waals surface area contributed by atoms with Gasteiger partial charge >= 0.3 is 0 Å². The van der Waals surface area contributed by atoms with Crippen LogP contribution in [0.25, 0.3) is 0 Å². The van der Waals surface area contributed by atoms with Crippen molar-refractivity contribution in [3.8, 4) is 11.5 Å². The summed E-state index contributed by atoms with van der Waals surface area (Å²) in [7, 11) is 0.803. The van der Waals surface area contributed by atoms with Gasteiger partial charge < -0.3 is 14.8 Å². The van der Waals surface area contributed by atoms with Gasteiger partial charge in [0.25, 0.3) is 5.91 Å². The van der Waals surface area contributed by atoms with Gasteiger partial charge in [-0.1, -0.05) is 24.3 Å². The Balaban J connectivity index is 2.02. The minimum absolute atomic E-state index is 0.0884. The normalized spacial score (nSPS) is 15.8. The summed E-state index contributed by atoms with van der Waals surface area (Å²) in [6, 6.07) is 11.0. The SMILES string of the molecule is CCS(=O)(=O)N(C)c1cc(OC)c(OC)cc1C(=O)N[C@@H]1CCCc2ccccc21. The van der Waals surface area contributed by atoms with Gasteiger partial charge in [0.15, 0.2) is 11.5 Å². The molecule has 0 unspecified atom stereocenters. The third kappa shape index (κ3) is 4.23. The lowest BCUT2D eigenvalue weighted by Gasteiger charge is -2.28. The smallest absolute Gasteiger partial charge is 0.254 e. The summed E-state index contributed by atoms with van der Waals surface area (Å²) in [6.07, 6.45) is 2.79. The molecule has 0 aliphatic heterocycles. The van der Waals surface area contributed by atoms with Crippen LogP contribution in [0.4, 0.5) is 5.69 Å². The van der Waals surface area contributed by atoms with E-state index < -0.39 is 10.0 Å². The van der Waals surface area contributed by atoms with Gasteiger partial charge in [-0.3, -0.25) is 9.10 Å². The molecule has 0 saturated carbocycles.